The number of aliphatic hydroxyl groups excluding tert-OH is 1. The quantitative estimate of drug-likeness (QED) is 0.857. The first-order chi connectivity index (χ1) is 7.10. The summed E-state index contributed by atoms with van der Waals surface area (Å²) in [6.07, 6.45) is 0. The average molecular weight is 230 g/mol. The summed E-state index contributed by atoms with van der Waals surface area (Å²) >= 11 is 6.01. The molecule has 1 N–H and O–H groups in total. The van der Waals surface area contributed by atoms with Crippen molar-refractivity contribution >= 4 is 11.6 Å². The van der Waals surface area contributed by atoms with Gasteiger partial charge in [0.05, 0.1) is 24.8 Å². The Labute approximate surface area is 95.2 Å². The Kier molecular flexibility index (Phi) is 4.39. The summed E-state index contributed by atoms with van der Waals surface area (Å²) in [7, 11) is 5.41. The van der Waals surface area contributed by atoms with E-state index in [-0.39, 0.29) is 12.6 Å². The van der Waals surface area contributed by atoms with Gasteiger partial charge in [0.25, 0.3) is 0 Å². The van der Waals surface area contributed by atoms with Crippen LogP contribution in [-0.4, -0.2) is 37.8 Å². The van der Waals surface area contributed by atoms with Crippen molar-refractivity contribution in [2.45, 2.75) is 6.04 Å². The van der Waals surface area contributed by atoms with E-state index in [1.54, 1.807) is 7.11 Å². The average Bonchev–Trinajstić information content (AvgIpc) is 2.18. The van der Waals surface area contributed by atoms with Crippen LogP contribution in [0.5, 0.6) is 5.75 Å². The largest absolute Gasteiger partial charge is 0.495 e. The third kappa shape index (κ3) is 2.84. The van der Waals surface area contributed by atoms with E-state index in [0.29, 0.717) is 10.8 Å². The number of ether oxygens (including phenoxy) is 1. The maximum atomic E-state index is 9.25. The van der Waals surface area contributed by atoms with E-state index in [2.05, 4.69) is 0 Å². The molecule has 0 bridgehead atoms. The van der Waals surface area contributed by atoms with Crippen molar-refractivity contribution in [3.05, 3.63) is 28.8 Å². The topological polar surface area (TPSA) is 32.7 Å². The summed E-state index contributed by atoms with van der Waals surface area (Å²) in [5.74, 6) is 0.649. The van der Waals surface area contributed by atoms with Crippen molar-refractivity contribution in [1.82, 2.24) is 4.90 Å². The van der Waals surface area contributed by atoms with Crippen LogP contribution in [0.25, 0.3) is 0 Å². The molecule has 0 heterocycles. The molecule has 0 saturated heterocycles. The van der Waals surface area contributed by atoms with Gasteiger partial charge in [-0.1, -0.05) is 17.7 Å². The van der Waals surface area contributed by atoms with Crippen LogP contribution in [0.4, 0.5) is 0 Å². The van der Waals surface area contributed by atoms with Gasteiger partial charge in [0.2, 0.25) is 0 Å². The molecule has 1 unspecified atom stereocenters. The minimum atomic E-state index is -0.0339. The van der Waals surface area contributed by atoms with E-state index in [0.717, 1.165) is 5.56 Å². The lowest BCUT2D eigenvalue weighted by Crippen LogP contribution is -2.23. The second-order valence-corrected chi connectivity index (χ2v) is 3.96. The van der Waals surface area contributed by atoms with E-state index in [9.17, 15) is 5.11 Å². The molecule has 4 heteroatoms. The summed E-state index contributed by atoms with van der Waals surface area (Å²) in [5.41, 5.74) is 0.980. The molecule has 1 aromatic rings. The number of likely N-dealkylation sites (N-methyl/N-ethyl adjacent to an activating group) is 1. The van der Waals surface area contributed by atoms with Crippen LogP contribution in [0.1, 0.15) is 11.6 Å². The van der Waals surface area contributed by atoms with Gasteiger partial charge in [-0.2, -0.15) is 0 Å². The Morgan fingerprint density at radius 3 is 2.53 bits per heavy atom. The molecule has 0 aromatic heterocycles. The van der Waals surface area contributed by atoms with Gasteiger partial charge in [0.1, 0.15) is 5.75 Å². The summed E-state index contributed by atoms with van der Waals surface area (Å²) in [6.45, 7) is 0.0651. The lowest BCUT2D eigenvalue weighted by Gasteiger charge is -2.22. The van der Waals surface area contributed by atoms with Gasteiger partial charge in [-0.25, -0.2) is 0 Å². The van der Waals surface area contributed by atoms with E-state index >= 15 is 0 Å². The van der Waals surface area contributed by atoms with Gasteiger partial charge < -0.3 is 14.7 Å². The fourth-order valence-electron chi connectivity index (χ4n) is 1.46. The molecule has 0 aliphatic carbocycles. The number of nitrogens with zero attached hydrogens (tertiary/aromatic N) is 1. The van der Waals surface area contributed by atoms with Crippen LogP contribution in [0.2, 0.25) is 5.02 Å². The molecule has 0 spiro atoms. The highest BCUT2D eigenvalue weighted by atomic mass is 35.5. The van der Waals surface area contributed by atoms with Crippen molar-refractivity contribution in [2.75, 3.05) is 27.8 Å². The predicted octanol–water partition coefficient (Wildman–Crippen LogP) is 1.94. The Morgan fingerprint density at radius 1 is 1.47 bits per heavy atom. The van der Waals surface area contributed by atoms with Crippen LogP contribution in [0, 0.1) is 0 Å². The van der Waals surface area contributed by atoms with E-state index in [4.69, 9.17) is 16.3 Å². The van der Waals surface area contributed by atoms with Crippen LogP contribution < -0.4 is 4.74 Å². The molecule has 0 saturated carbocycles. The molecule has 1 rings (SSSR count). The lowest BCUT2D eigenvalue weighted by molar-refractivity contribution is 0.171. The molecule has 1 atom stereocenters. The Bertz CT molecular complexity index is 328. The minimum Gasteiger partial charge on any atom is -0.495 e. The summed E-state index contributed by atoms with van der Waals surface area (Å²) in [5, 5.41) is 9.82. The monoisotopic (exact) mass is 229 g/mol. The van der Waals surface area contributed by atoms with E-state index in [1.807, 2.05) is 37.2 Å². The van der Waals surface area contributed by atoms with Crippen molar-refractivity contribution < 1.29 is 9.84 Å². The van der Waals surface area contributed by atoms with Gasteiger partial charge in [0.15, 0.2) is 0 Å². The maximum Gasteiger partial charge on any atom is 0.137 e. The number of methoxy groups -OCH3 is 1. The first kappa shape index (κ1) is 12.3. The number of hydrogen-bond donors (Lipinski definition) is 1. The summed E-state index contributed by atoms with van der Waals surface area (Å²) in [4.78, 5) is 1.94. The van der Waals surface area contributed by atoms with Crippen LogP contribution >= 0.6 is 11.6 Å². The highest BCUT2D eigenvalue weighted by Gasteiger charge is 2.14. The second-order valence-electron chi connectivity index (χ2n) is 3.56. The molecule has 0 radical (unpaired) electrons. The van der Waals surface area contributed by atoms with Gasteiger partial charge in [0, 0.05) is 0 Å². The zero-order valence-electron chi connectivity index (χ0n) is 9.20. The Balaban J connectivity index is 3.00. The second kappa shape index (κ2) is 5.35. The number of benzene rings is 1. The SMILES string of the molecule is COc1ccc(C(CO)N(C)C)cc1Cl. The predicted molar refractivity (Wildman–Crippen MR) is 61.5 cm³/mol. The standard InChI is InChI=1S/C11H16ClNO2/c1-13(2)10(7-14)8-4-5-11(15-3)9(12)6-8/h4-6,10,14H,7H2,1-3H3. The maximum absolute atomic E-state index is 9.25. The van der Waals surface area contributed by atoms with Gasteiger partial charge in [-0.05, 0) is 31.8 Å². The first-order valence-electron chi connectivity index (χ1n) is 4.71. The fraction of sp³-hybridized carbons (Fsp3) is 0.455. The number of rotatable bonds is 4. The smallest absolute Gasteiger partial charge is 0.137 e. The minimum absolute atomic E-state index is 0.0339. The third-order valence-electron chi connectivity index (χ3n) is 2.36. The number of aliphatic hydroxyl groups is 1. The Morgan fingerprint density at radius 2 is 2.13 bits per heavy atom. The molecule has 3 nitrogen and oxygen atoms in total. The van der Waals surface area contributed by atoms with Crippen molar-refractivity contribution in [1.29, 1.82) is 0 Å². The highest BCUT2D eigenvalue weighted by molar-refractivity contribution is 6.32. The lowest BCUT2D eigenvalue weighted by atomic mass is 10.1. The van der Waals surface area contributed by atoms with Gasteiger partial charge in [-0.15, -0.1) is 0 Å². The normalized spacial score (nSPS) is 12.9. The molecule has 0 fully saturated rings. The Hall–Kier alpha value is -0.770. The summed E-state index contributed by atoms with van der Waals surface area (Å²) in [6, 6.07) is 5.50. The van der Waals surface area contributed by atoms with Crippen LogP contribution in [-0.2, 0) is 0 Å². The molecule has 84 valence electrons. The molecule has 0 aliphatic heterocycles. The van der Waals surface area contributed by atoms with Crippen molar-refractivity contribution in [3.63, 3.8) is 0 Å². The number of hydrogen-bond acceptors (Lipinski definition) is 3. The molecule has 0 amide bonds. The molecule has 1 aromatic carbocycles. The summed E-state index contributed by atoms with van der Waals surface area (Å²) < 4.78 is 5.07. The van der Waals surface area contributed by atoms with Crippen LogP contribution in [0.15, 0.2) is 18.2 Å². The molecule has 15 heavy (non-hydrogen) atoms. The van der Waals surface area contributed by atoms with E-state index < -0.39 is 0 Å². The number of halogens is 1. The zero-order valence-corrected chi connectivity index (χ0v) is 9.95. The zero-order chi connectivity index (χ0) is 11.4. The fourth-order valence-corrected chi connectivity index (χ4v) is 1.72. The molecular weight excluding hydrogens is 214 g/mol. The molecule has 0 aliphatic rings. The van der Waals surface area contributed by atoms with Gasteiger partial charge in [-0.3, -0.25) is 0 Å². The van der Waals surface area contributed by atoms with Crippen molar-refractivity contribution in [3.8, 4) is 5.75 Å². The van der Waals surface area contributed by atoms with Crippen LogP contribution in [0.3, 0.4) is 0 Å². The molecular formula is C11H16ClNO2. The van der Waals surface area contributed by atoms with E-state index in [1.165, 1.54) is 0 Å². The third-order valence-corrected chi connectivity index (χ3v) is 2.65. The first-order valence-corrected chi connectivity index (χ1v) is 5.08. The van der Waals surface area contributed by atoms with Gasteiger partial charge >= 0.3 is 0 Å². The highest BCUT2D eigenvalue weighted by Crippen LogP contribution is 2.28. The van der Waals surface area contributed by atoms with Crippen molar-refractivity contribution in [2.24, 2.45) is 0 Å².